The lowest BCUT2D eigenvalue weighted by molar-refractivity contribution is -0.123. The van der Waals surface area contributed by atoms with Gasteiger partial charge < -0.3 is 15.4 Å². The summed E-state index contributed by atoms with van der Waals surface area (Å²) in [5.74, 6) is 0.592. The second-order valence-electron chi connectivity index (χ2n) is 7.62. The van der Waals surface area contributed by atoms with Crippen LogP contribution in [0.1, 0.15) is 46.3 Å². The Hall–Kier alpha value is -2.82. The zero-order valence-corrected chi connectivity index (χ0v) is 16.0. The number of carbonyl (C=O) groups excluding carboxylic acids is 2. The average molecular weight is 378 g/mol. The molecule has 1 saturated carbocycles. The van der Waals surface area contributed by atoms with Crippen LogP contribution in [0.5, 0.6) is 5.75 Å². The Morgan fingerprint density at radius 2 is 1.79 bits per heavy atom. The molecule has 146 valence electrons. The van der Waals surface area contributed by atoms with Gasteiger partial charge in [-0.1, -0.05) is 18.2 Å². The van der Waals surface area contributed by atoms with Gasteiger partial charge in [0.25, 0.3) is 11.8 Å². The predicted octanol–water partition coefficient (Wildman–Crippen LogP) is 2.81. The lowest BCUT2D eigenvalue weighted by Crippen LogP contribution is -2.30. The van der Waals surface area contributed by atoms with Gasteiger partial charge >= 0.3 is 0 Å². The molecule has 4 rings (SSSR count). The minimum atomic E-state index is -0.0687. The Morgan fingerprint density at radius 3 is 2.57 bits per heavy atom. The van der Waals surface area contributed by atoms with Crippen LogP contribution in [0.4, 0.5) is 0 Å². The summed E-state index contributed by atoms with van der Waals surface area (Å²) in [6, 6.07) is 14.1. The molecule has 2 amide bonds. The van der Waals surface area contributed by atoms with Gasteiger partial charge in [-0.05, 0) is 79.5 Å². The molecule has 0 spiro atoms. The topological polar surface area (TPSA) is 67.4 Å². The van der Waals surface area contributed by atoms with Gasteiger partial charge in [0.2, 0.25) is 0 Å². The van der Waals surface area contributed by atoms with Crippen LogP contribution in [0, 0.1) is 0 Å². The first-order valence-corrected chi connectivity index (χ1v) is 10.1. The highest BCUT2D eigenvalue weighted by Crippen LogP contribution is 2.22. The second-order valence-corrected chi connectivity index (χ2v) is 7.62. The van der Waals surface area contributed by atoms with Crippen molar-refractivity contribution in [3.8, 4) is 5.75 Å². The van der Waals surface area contributed by atoms with Crippen molar-refractivity contribution in [3.63, 3.8) is 0 Å². The number of nitrogens with one attached hydrogen (secondary N) is 2. The first kappa shape index (κ1) is 18.5. The molecule has 0 aliphatic heterocycles. The highest BCUT2D eigenvalue weighted by molar-refractivity contribution is 5.94. The minimum Gasteiger partial charge on any atom is -0.484 e. The zero-order chi connectivity index (χ0) is 19.3. The Balaban J connectivity index is 1.20. The van der Waals surface area contributed by atoms with Gasteiger partial charge in [-0.15, -0.1) is 0 Å². The summed E-state index contributed by atoms with van der Waals surface area (Å²) in [6.45, 7) is 0.632. The van der Waals surface area contributed by atoms with Gasteiger partial charge in [-0.3, -0.25) is 9.59 Å². The molecule has 2 aliphatic carbocycles. The summed E-state index contributed by atoms with van der Waals surface area (Å²) in [4.78, 5) is 24.0. The number of rotatable bonds is 8. The van der Waals surface area contributed by atoms with Crippen molar-refractivity contribution in [2.24, 2.45) is 0 Å². The molecule has 0 heterocycles. The molecule has 5 nitrogen and oxygen atoms in total. The van der Waals surface area contributed by atoms with Crippen LogP contribution in [0.2, 0.25) is 0 Å². The summed E-state index contributed by atoms with van der Waals surface area (Å²) in [6.07, 6.45) is 6.28. The maximum absolute atomic E-state index is 12.3. The standard InChI is InChI=1S/C23H26N2O3/c26-22(25-20-8-9-20)15-28-21-10-4-16(5-11-21)12-13-24-23(27)19-7-6-17-2-1-3-18(17)14-19/h4-7,10-11,14,20H,1-3,8-9,12-13,15H2,(H,24,27)(H,25,26). The number of benzene rings is 2. The molecule has 2 aromatic rings. The van der Waals surface area contributed by atoms with E-state index < -0.39 is 0 Å². The fourth-order valence-corrected chi connectivity index (χ4v) is 3.53. The van der Waals surface area contributed by atoms with E-state index in [0.29, 0.717) is 18.3 Å². The van der Waals surface area contributed by atoms with Crippen molar-refractivity contribution in [2.45, 2.75) is 44.6 Å². The van der Waals surface area contributed by atoms with E-state index in [1.54, 1.807) is 0 Å². The van der Waals surface area contributed by atoms with Crippen LogP contribution in [-0.4, -0.2) is 31.0 Å². The maximum Gasteiger partial charge on any atom is 0.258 e. The Morgan fingerprint density at radius 1 is 1.00 bits per heavy atom. The molecule has 2 aromatic carbocycles. The maximum atomic E-state index is 12.3. The monoisotopic (exact) mass is 378 g/mol. The summed E-state index contributed by atoms with van der Waals surface area (Å²) in [5, 5.41) is 5.89. The fourth-order valence-electron chi connectivity index (χ4n) is 3.53. The minimum absolute atomic E-state index is 0.0173. The Labute approximate surface area is 165 Å². The second kappa shape index (κ2) is 8.46. The van der Waals surface area contributed by atoms with Crippen molar-refractivity contribution in [2.75, 3.05) is 13.2 Å². The molecule has 28 heavy (non-hydrogen) atoms. The molecule has 2 aliphatic rings. The van der Waals surface area contributed by atoms with E-state index in [1.165, 1.54) is 17.5 Å². The Bertz CT molecular complexity index is 857. The van der Waals surface area contributed by atoms with E-state index >= 15 is 0 Å². The molecule has 1 fully saturated rings. The number of carbonyl (C=O) groups is 2. The summed E-state index contributed by atoms with van der Waals surface area (Å²) < 4.78 is 5.51. The van der Waals surface area contributed by atoms with Crippen LogP contribution in [0.3, 0.4) is 0 Å². The van der Waals surface area contributed by atoms with E-state index in [-0.39, 0.29) is 18.4 Å². The molecule has 2 N–H and O–H groups in total. The van der Waals surface area contributed by atoms with Crippen LogP contribution < -0.4 is 15.4 Å². The normalized spacial score (nSPS) is 15.0. The van der Waals surface area contributed by atoms with Crippen LogP contribution in [0.15, 0.2) is 42.5 Å². The average Bonchev–Trinajstić information content (AvgIpc) is 3.39. The highest BCUT2D eigenvalue weighted by Gasteiger charge is 2.23. The smallest absolute Gasteiger partial charge is 0.258 e. The lowest BCUT2D eigenvalue weighted by atomic mass is 10.1. The number of aryl methyl sites for hydroxylation is 2. The van der Waals surface area contributed by atoms with Crippen LogP contribution >= 0.6 is 0 Å². The summed E-state index contributed by atoms with van der Waals surface area (Å²) in [7, 11) is 0. The number of amides is 2. The van der Waals surface area contributed by atoms with Crippen molar-refractivity contribution in [3.05, 3.63) is 64.7 Å². The molecule has 0 atom stereocenters. The largest absolute Gasteiger partial charge is 0.484 e. The predicted molar refractivity (Wildman–Crippen MR) is 108 cm³/mol. The van der Waals surface area contributed by atoms with E-state index in [9.17, 15) is 9.59 Å². The van der Waals surface area contributed by atoms with Crippen molar-refractivity contribution < 1.29 is 14.3 Å². The van der Waals surface area contributed by atoms with E-state index in [2.05, 4.69) is 16.7 Å². The molecular formula is C23H26N2O3. The van der Waals surface area contributed by atoms with Gasteiger partial charge in [0, 0.05) is 18.2 Å². The number of ether oxygens (including phenoxy) is 1. The van der Waals surface area contributed by atoms with E-state index in [1.807, 2.05) is 36.4 Å². The number of hydrogen-bond acceptors (Lipinski definition) is 3. The van der Waals surface area contributed by atoms with Gasteiger partial charge in [0.15, 0.2) is 6.61 Å². The molecule has 0 radical (unpaired) electrons. The van der Waals surface area contributed by atoms with Crippen molar-refractivity contribution in [1.82, 2.24) is 10.6 Å². The van der Waals surface area contributed by atoms with Crippen LogP contribution in [0.25, 0.3) is 0 Å². The number of fused-ring (bicyclic) bond motifs is 1. The van der Waals surface area contributed by atoms with E-state index in [0.717, 1.165) is 43.2 Å². The molecular weight excluding hydrogens is 352 g/mol. The van der Waals surface area contributed by atoms with Gasteiger partial charge in [-0.25, -0.2) is 0 Å². The first-order chi connectivity index (χ1) is 13.7. The van der Waals surface area contributed by atoms with Crippen molar-refractivity contribution >= 4 is 11.8 Å². The molecule has 0 bridgehead atoms. The van der Waals surface area contributed by atoms with Crippen LogP contribution in [-0.2, 0) is 24.1 Å². The third-order valence-corrected chi connectivity index (χ3v) is 5.30. The SMILES string of the molecule is O=C(COc1ccc(CCNC(=O)c2ccc3c(c2)CCC3)cc1)NC1CC1. The highest BCUT2D eigenvalue weighted by atomic mass is 16.5. The molecule has 0 saturated heterocycles. The molecule has 0 aromatic heterocycles. The summed E-state index contributed by atoms with van der Waals surface area (Å²) >= 11 is 0. The third kappa shape index (κ3) is 4.91. The molecule has 5 heteroatoms. The lowest BCUT2D eigenvalue weighted by Gasteiger charge is -2.09. The summed E-state index contributed by atoms with van der Waals surface area (Å²) in [5.41, 5.74) is 4.55. The van der Waals surface area contributed by atoms with Gasteiger partial charge in [0.05, 0.1) is 0 Å². The van der Waals surface area contributed by atoms with Crippen molar-refractivity contribution in [1.29, 1.82) is 0 Å². The fraction of sp³-hybridized carbons (Fsp3) is 0.391. The zero-order valence-electron chi connectivity index (χ0n) is 16.0. The third-order valence-electron chi connectivity index (χ3n) is 5.30. The molecule has 0 unspecified atom stereocenters. The Kier molecular flexibility index (Phi) is 5.60. The quantitative estimate of drug-likeness (QED) is 0.742. The van der Waals surface area contributed by atoms with E-state index in [4.69, 9.17) is 4.74 Å². The number of hydrogen-bond donors (Lipinski definition) is 2. The first-order valence-electron chi connectivity index (χ1n) is 10.1. The van der Waals surface area contributed by atoms with Gasteiger partial charge in [0.1, 0.15) is 5.75 Å². The van der Waals surface area contributed by atoms with Gasteiger partial charge in [-0.2, -0.15) is 0 Å².